The second-order valence-electron chi connectivity index (χ2n) is 12.0. The summed E-state index contributed by atoms with van der Waals surface area (Å²) in [6.07, 6.45) is 0. The average molecular weight is 599 g/mol. The van der Waals surface area contributed by atoms with Gasteiger partial charge >= 0.3 is 0 Å². The number of benzene rings is 7. The maximum absolute atomic E-state index is 10.3. The third-order valence-corrected chi connectivity index (χ3v) is 9.22. The van der Waals surface area contributed by atoms with Crippen LogP contribution in [0.4, 0.5) is 0 Å². The lowest BCUT2D eigenvalue weighted by molar-refractivity contribution is 0.465. The van der Waals surface area contributed by atoms with Gasteiger partial charge < -0.3 is 9.47 Å². The van der Waals surface area contributed by atoms with Gasteiger partial charge in [-0.15, -0.1) is 0 Å². The van der Waals surface area contributed by atoms with Crippen molar-refractivity contribution in [3.05, 3.63) is 163 Å². The summed E-state index contributed by atoms with van der Waals surface area (Å²) in [5, 5.41) is 10.3. The highest BCUT2D eigenvalue weighted by Gasteiger charge is 2.43. The highest BCUT2D eigenvalue weighted by atomic mass is 16.5. The zero-order valence-corrected chi connectivity index (χ0v) is 25.4. The van der Waals surface area contributed by atoms with Gasteiger partial charge in [-0.3, -0.25) is 0 Å². The summed E-state index contributed by atoms with van der Waals surface area (Å²) in [7, 11) is 0. The van der Waals surface area contributed by atoms with Gasteiger partial charge in [0.05, 0.1) is 5.56 Å². The minimum Gasteiger partial charge on any atom is -0.458 e. The standard InChI is InChI=1S/C43H26BNO2/c45-27-32-21-22-39-40-41(32)47-43-36(31-19-11-4-12-20-31)24-34(29-15-7-2-8-16-29)26-38(43)44(40)37-25-33(28-13-5-1-6-14-28)23-35(42(37)46-39)30-17-9-3-10-18-30/h1-26H. The SMILES string of the molecule is N#Cc1ccc2c3c1Oc1c(cc(-c4ccccc4)cc1-c1ccccc1)B3c1cc(-c3ccccc3)cc(-c3ccccc3)c1O2. The van der Waals surface area contributed by atoms with Crippen molar-refractivity contribution >= 4 is 23.1 Å². The summed E-state index contributed by atoms with van der Waals surface area (Å²) < 4.78 is 13.7. The molecular formula is C43H26BNO2. The molecule has 0 unspecified atom stereocenters. The molecule has 0 radical (unpaired) electrons. The van der Waals surface area contributed by atoms with Gasteiger partial charge in [0, 0.05) is 16.6 Å². The van der Waals surface area contributed by atoms with E-state index >= 15 is 0 Å². The largest absolute Gasteiger partial charge is 0.458 e. The number of hydrogen-bond donors (Lipinski definition) is 0. The van der Waals surface area contributed by atoms with Crippen molar-refractivity contribution < 1.29 is 9.47 Å². The van der Waals surface area contributed by atoms with E-state index in [1.54, 1.807) is 0 Å². The molecule has 0 atom stereocenters. The normalized spacial score (nSPS) is 12.1. The van der Waals surface area contributed by atoms with Crippen molar-refractivity contribution in [1.82, 2.24) is 0 Å². The Balaban J connectivity index is 1.40. The second kappa shape index (κ2) is 10.9. The Morgan fingerprint density at radius 2 is 0.872 bits per heavy atom. The lowest BCUT2D eigenvalue weighted by Crippen LogP contribution is -2.58. The van der Waals surface area contributed by atoms with Crippen LogP contribution in [0, 0.1) is 11.3 Å². The molecule has 2 aliphatic rings. The predicted molar refractivity (Wildman–Crippen MR) is 191 cm³/mol. The van der Waals surface area contributed by atoms with Gasteiger partial charge in [-0.1, -0.05) is 133 Å². The fourth-order valence-corrected chi connectivity index (χ4v) is 7.05. The maximum atomic E-state index is 10.3. The Labute approximate surface area is 274 Å². The molecule has 47 heavy (non-hydrogen) atoms. The topological polar surface area (TPSA) is 42.2 Å². The zero-order valence-electron chi connectivity index (χ0n) is 25.4. The van der Waals surface area contributed by atoms with Crippen molar-refractivity contribution in [3.8, 4) is 73.6 Å². The zero-order chi connectivity index (χ0) is 31.3. The highest BCUT2D eigenvalue weighted by molar-refractivity contribution is 6.98. The molecule has 0 aromatic heterocycles. The lowest BCUT2D eigenvalue weighted by atomic mass is 9.34. The van der Waals surface area contributed by atoms with Gasteiger partial charge in [-0.05, 0) is 68.6 Å². The molecule has 0 bridgehead atoms. The van der Waals surface area contributed by atoms with Gasteiger partial charge in [-0.25, -0.2) is 0 Å². The summed E-state index contributed by atoms with van der Waals surface area (Å²) in [6.45, 7) is -0.238. The van der Waals surface area contributed by atoms with Crippen LogP contribution in [-0.2, 0) is 0 Å². The van der Waals surface area contributed by atoms with Crippen LogP contribution in [0.5, 0.6) is 23.0 Å². The van der Waals surface area contributed by atoms with Crippen molar-refractivity contribution in [2.75, 3.05) is 0 Å². The van der Waals surface area contributed by atoms with Crippen LogP contribution in [-0.4, -0.2) is 6.71 Å². The number of hydrogen-bond acceptors (Lipinski definition) is 3. The highest BCUT2D eigenvalue weighted by Crippen LogP contribution is 2.45. The minimum absolute atomic E-state index is 0.238. The van der Waals surface area contributed by atoms with E-state index in [0.717, 1.165) is 72.4 Å². The van der Waals surface area contributed by atoms with Crippen molar-refractivity contribution in [2.24, 2.45) is 0 Å². The summed E-state index contributed by atoms with van der Waals surface area (Å²) >= 11 is 0. The monoisotopic (exact) mass is 599 g/mol. The second-order valence-corrected chi connectivity index (χ2v) is 12.0. The van der Waals surface area contributed by atoms with Crippen LogP contribution < -0.4 is 25.9 Å². The van der Waals surface area contributed by atoms with Gasteiger partial charge in [0.15, 0.2) is 0 Å². The first-order valence-electron chi connectivity index (χ1n) is 15.8. The molecule has 9 rings (SSSR count). The number of fused-ring (bicyclic) bond motifs is 4. The summed E-state index contributed by atoms with van der Waals surface area (Å²) in [6, 6.07) is 56.8. The van der Waals surface area contributed by atoms with Crippen LogP contribution in [0.25, 0.3) is 44.5 Å². The molecule has 3 nitrogen and oxygen atoms in total. The molecule has 4 heteroatoms. The van der Waals surface area contributed by atoms with E-state index in [-0.39, 0.29) is 6.71 Å². The minimum atomic E-state index is -0.238. The summed E-state index contributed by atoms with van der Waals surface area (Å²) in [5.41, 5.74) is 12.0. The molecule has 0 spiro atoms. The molecule has 0 saturated carbocycles. The first kappa shape index (κ1) is 27.0. The number of rotatable bonds is 4. The van der Waals surface area contributed by atoms with E-state index in [4.69, 9.17) is 9.47 Å². The van der Waals surface area contributed by atoms with E-state index < -0.39 is 0 Å². The third-order valence-electron chi connectivity index (χ3n) is 9.22. The van der Waals surface area contributed by atoms with Crippen molar-refractivity contribution in [2.45, 2.75) is 0 Å². The van der Waals surface area contributed by atoms with Crippen LogP contribution in [0.15, 0.2) is 158 Å². The molecule has 7 aromatic carbocycles. The van der Waals surface area contributed by atoms with Gasteiger partial charge in [0.25, 0.3) is 6.71 Å². The smallest absolute Gasteiger partial charge is 0.260 e. The molecular weight excluding hydrogens is 573 g/mol. The van der Waals surface area contributed by atoms with Gasteiger partial charge in [0.1, 0.15) is 29.1 Å². The molecule has 2 heterocycles. The molecule has 0 aliphatic carbocycles. The average Bonchev–Trinajstić information content (AvgIpc) is 3.15. The molecule has 0 fully saturated rings. The van der Waals surface area contributed by atoms with Crippen molar-refractivity contribution in [3.63, 3.8) is 0 Å². The fourth-order valence-electron chi connectivity index (χ4n) is 7.05. The van der Waals surface area contributed by atoms with Gasteiger partial charge in [-0.2, -0.15) is 5.26 Å². The van der Waals surface area contributed by atoms with E-state index in [9.17, 15) is 5.26 Å². The number of nitrogens with zero attached hydrogens (tertiary/aromatic N) is 1. The Morgan fingerprint density at radius 3 is 1.34 bits per heavy atom. The Hall–Kier alpha value is -6.31. The molecule has 0 N–H and O–H groups in total. The van der Waals surface area contributed by atoms with E-state index in [1.807, 2.05) is 36.4 Å². The van der Waals surface area contributed by atoms with E-state index in [1.165, 1.54) is 0 Å². The van der Waals surface area contributed by atoms with Crippen LogP contribution >= 0.6 is 0 Å². The Morgan fingerprint density at radius 1 is 0.426 bits per heavy atom. The summed E-state index contributed by atoms with van der Waals surface area (Å²) in [4.78, 5) is 0. The third kappa shape index (κ3) is 4.44. The predicted octanol–water partition coefficient (Wildman–Crippen LogP) is 8.95. The molecule has 218 valence electrons. The first-order valence-corrected chi connectivity index (χ1v) is 15.8. The van der Waals surface area contributed by atoms with Crippen LogP contribution in [0.2, 0.25) is 0 Å². The quantitative estimate of drug-likeness (QED) is 0.190. The Bertz CT molecular complexity index is 2300. The molecule has 0 saturated heterocycles. The molecule has 7 aromatic rings. The molecule has 2 aliphatic heterocycles. The number of ether oxygens (including phenoxy) is 2. The summed E-state index contributed by atoms with van der Waals surface area (Å²) in [5.74, 6) is 2.85. The lowest BCUT2D eigenvalue weighted by Gasteiger charge is -2.35. The van der Waals surface area contributed by atoms with E-state index in [0.29, 0.717) is 17.1 Å². The van der Waals surface area contributed by atoms with Crippen LogP contribution in [0.3, 0.4) is 0 Å². The maximum Gasteiger partial charge on any atom is 0.260 e. The first-order chi connectivity index (χ1) is 23.3. The Kier molecular flexibility index (Phi) is 6.30. The fraction of sp³-hybridized carbons (Fsp3) is 0. The number of nitriles is 1. The van der Waals surface area contributed by atoms with Crippen LogP contribution in [0.1, 0.15) is 5.56 Å². The van der Waals surface area contributed by atoms with E-state index in [2.05, 4.69) is 127 Å². The molecule has 0 amide bonds. The van der Waals surface area contributed by atoms with Gasteiger partial charge in [0.2, 0.25) is 0 Å². The van der Waals surface area contributed by atoms with Crippen molar-refractivity contribution in [1.29, 1.82) is 5.26 Å².